The van der Waals surface area contributed by atoms with Gasteiger partial charge in [-0.25, -0.2) is 0 Å². The molecule has 4 heteroatoms. The van der Waals surface area contributed by atoms with Gasteiger partial charge in [-0.3, -0.25) is 0 Å². The van der Waals surface area contributed by atoms with Crippen molar-refractivity contribution >= 4 is 37.4 Å². The Morgan fingerprint density at radius 2 is 0.833 bits per heavy atom. The molecule has 6 aromatic rings. The van der Waals surface area contributed by atoms with E-state index < -0.39 is 5.49 Å². The first-order chi connectivity index (χ1) is 16.6. The van der Waals surface area contributed by atoms with Gasteiger partial charge in [-0.1, -0.05) is 26.0 Å². The van der Waals surface area contributed by atoms with Crippen LogP contribution in [0.3, 0.4) is 0 Å². The van der Waals surface area contributed by atoms with Crippen molar-refractivity contribution in [3.8, 4) is 0 Å². The third-order valence-corrected chi connectivity index (χ3v) is 13.7. The molecule has 0 fully saturated rings. The predicted octanol–water partition coefficient (Wildman–Crippen LogP) is 1.08. The SMILES string of the molecule is Cc1cc2ccccc2[cH-]1.Cc1cc2ccccc2[cH-]1.[Cl-].[Cl-].[Hf+2]=[Si](c1ccccc1)c1ccccc1. The van der Waals surface area contributed by atoms with Crippen molar-refractivity contribution in [1.82, 2.24) is 0 Å². The molecule has 0 spiro atoms. The summed E-state index contributed by atoms with van der Waals surface area (Å²) in [6.45, 7) is 4.25. The Labute approximate surface area is 242 Å². The van der Waals surface area contributed by atoms with E-state index in [1.807, 2.05) is 0 Å². The third-order valence-electron chi connectivity index (χ3n) is 5.65. The standard InChI is InChI=1S/C12H10Si.2C10H9.2ClH.Hf/c1-3-7-11(8-4-1)13-12-9-5-2-6-10-12;2*1-8-6-9-4-2-3-5-10(9)7-8;;;/h1-10H;2*2-7H,1H3;2*1H;/q;2*-1;;;+2/p-2. The zero-order valence-corrected chi connectivity index (χ0v) is 26.6. The molecular weight excluding hydrogens is 662 g/mol. The summed E-state index contributed by atoms with van der Waals surface area (Å²) < 4.78 is 0. The summed E-state index contributed by atoms with van der Waals surface area (Å²) in [6, 6.07) is 47.4. The van der Waals surface area contributed by atoms with Gasteiger partial charge in [0.15, 0.2) is 0 Å². The van der Waals surface area contributed by atoms with Crippen LogP contribution in [0.5, 0.6) is 0 Å². The number of fused-ring (bicyclic) bond motifs is 2. The molecule has 0 saturated heterocycles. The molecule has 0 unspecified atom stereocenters. The van der Waals surface area contributed by atoms with Crippen molar-refractivity contribution in [3.63, 3.8) is 0 Å². The third kappa shape index (κ3) is 8.42. The van der Waals surface area contributed by atoms with Crippen LogP contribution in [0, 0.1) is 13.8 Å². The van der Waals surface area contributed by atoms with E-state index in [1.165, 1.54) is 66.0 Å². The van der Waals surface area contributed by atoms with Crippen LogP contribution >= 0.6 is 0 Å². The van der Waals surface area contributed by atoms with Crippen LogP contribution in [0.25, 0.3) is 21.5 Å². The van der Waals surface area contributed by atoms with Crippen LogP contribution in [-0.2, 0) is 23.0 Å². The van der Waals surface area contributed by atoms with Crippen molar-refractivity contribution in [1.29, 1.82) is 0 Å². The fourth-order valence-corrected chi connectivity index (χ4v) is 8.97. The molecule has 6 aromatic carbocycles. The van der Waals surface area contributed by atoms with Gasteiger partial charge < -0.3 is 24.8 Å². The van der Waals surface area contributed by atoms with E-state index in [9.17, 15) is 0 Å². The number of halogens is 2. The van der Waals surface area contributed by atoms with Crippen LogP contribution in [0.15, 0.2) is 133 Å². The summed E-state index contributed by atoms with van der Waals surface area (Å²) in [5, 5.41) is 8.46. The molecule has 0 aromatic heterocycles. The van der Waals surface area contributed by atoms with Gasteiger partial charge in [0.1, 0.15) is 0 Å². The monoisotopic (exact) mass is 690 g/mol. The van der Waals surface area contributed by atoms with E-state index >= 15 is 0 Å². The quantitative estimate of drug-likeness (QED) is 0.189. The molecule has 0 radical (unpaired) electrons. The van der Waals surface area contributed by atoms with Crippen molar-refractivity contribution in [2.75, 3.05) is 0 Å². The van der Waals surface area contributed by atoms with Crippen molar-refractivity contribution in [2.24, 2.45) is 0 Å². The molecular formula is C32H28Cl2HfSi-2. The second-order valence-corrected chi connectivity index (χ2v) is 15.7. The second-order valence-electron chi connectivity index (χ2n) is 8.43. The number of hydrogen-bond donors (Lipinski definition) is 0. The van der Waals surface area contributed by atoms with E-state index in [0.29, 0.717) is 0 Å². The van der Waals surface area contributed by atoms with Gasteiger partial charge in [0.2, 0.25) is 0 Å². The average molecular weight is 690 g/mol. The molecule has 0 N–H and O–H groups in total. The van der Waals surface area contributed by atoms with E-state index in [2.05, 4.69) is 147 Å². The summed E-state index contributed by atoms with van der Waals surface area (Å²) in [4.78, 5) is 0. The molecule has 6 rings (SSSR count). The van der Waals surface area contributed by atoms with Crippen LogP contribution in [-0.4, -0.2) is 5.49 Å². The van der Waals surface area contributed by atoms with Gasteiger partial charge >= 0.3 is 99.5 Å². The van der Waals surface area contributed by atoms with Crippen LogP contribution < -0.4 is 35.2 Å². The summed E-state index contributed by atoms with van der Waals surface area (Å²) in [5.41, 5.74) is 2.29. The number of hydrogen-bond acceptors (Lipinski definition) is 0. The molecule has 0 bridgehead atoms. The van der Waals surface area contributed by atoms with Gasteiger partial charge in [0, 0.05) is 0 Å². The molecule has 0 aliphatic heterocycles. The van der Waals surface area contributed by atoms with Crippen molar-refractivity contribution in [3.05, 3.63) is 145 Å². The molecule has 0 atom stereocenters. The molecule has 0 aliphatic carbocycles. The first-order valence-electron chi connectivity index (χ1n) is 11.5. The van der Waals surface area contributed by atoms with Crippen LogP contribution in [0.4, 0.5) is 0 Å². The van der Waals surface area contributed by atoms with E-state index in [4.69, 9.17) is 0 Å². The fraction of sp³-hybridized carbons (Fsp3) is 0.0625. The normalized spacial score (nSPS) is 9.67. The zero-order valence-electron chi connectivity index (χ0n) is 20.5. The Bertz CT molecular complexity index is 1300. The topological polar surface area (TPSA) is 0 Å². The Morgan fingerprint density at radius 3 is 1.19 bits per heavy atom. The first-order valence-corrected chi connectivity index (χ1v) is 18.4. The Hall–Kier alpha value is -2.23. The molecule has 0 nitrogen and oxygen atoms in total. The van der Waals surface area contributed by atoms with Gasteiger partial charge in [-0.05, 0) is 0 Å². The average Bonchev–Trinajstić information content (AvgIpc) is 3.46. The Kier molecular flexibility index (Phi) is 12.6. The van der Waals surface area contributed by atoms with Crippen LogP contribution in [0.1, 0.15) is 11.1 Å². The molecule has 180 valence electrons. The summed E-state index contributed by atoms with van der Waals surface area (Å²) >= 11 is 1.27. The van der Waals surface area contributed by atoms with Crippen molar-refractivity contribution < 1.29 is 47.8 Å². The molecule has 0 amide bonds. The second kappa shape index (κ2) is 15.1. The zero-order chi connectivity index (χ0) is 23.8. The number of rotatable bonds is 2. The molecule has 0 saturated carbocycles. The summed E-state index contributed by atoms with van der Waals surface area (Å²) in [7, 11) is 0. The van der Waals surface area contributed by atoms with E-state index in [1.54, 1.807) is 0 Å². The van der Waals surface area contributed by atoms with Gasteiger partial charge in [0.25, 0.3) is 0 Å². The molecule has 36 heavy (non-hydrogen) atoms. The van der Waals surface area contributed by atoms with Gasteiger partial charge in [-0.15, -0.1) is 81.2 Å². The summed E-state index contributed by atoms with van der Waals surface area (Å²) in [6.07, 6.45) is 0. The molecule has 0 heterocycles. The van der Waals surface area contributed by atoms with Gasteiger partial charge in [-0.2, -0.15) is 12.1 Å². The maximum atomic E-state index is 2.26. The Morgan fingerprint density at radius 1 is 0.500 bits per heavy atom. The minimum atomic E-state index is -0.406. The van der Waals surface area contributed by atoms with E-state index in [-0.39, 0.29) is 24.8 Å². The number of benzene rings is 4. The first kappa shape index (κ1) is 30.0. The number of aryl methyl sites for hydroxylation is 2. The van der Waals surface area contributed by atoms with Crippen LogP contribution in [0.2, 0.25) is 0 Å². The fourth-order valence-electron chi connectivity index (χ4n) is 3.99. The maximum absolute atomic E-state index is 2.26. The summed E-state index contributed by atoms with van der Waals surface area (Å²) in [5.74, 6) is 0. The Balaban J connectivity index is 0.000000188. The van der Waals surface area contributed by atoms with Gasteiger partial charge in [0.05, 0.1) is 0 Å². The van der Waals surface area contributed by atoms with Crippen molar-refractivity contribution in [2.45, 2.75) is 13.8 Å². The minimum absolute atomic E-state index is 0. The predicted molar refractivity (Wildman–Crippen MR) is 146 cm³/mol. The van der Waals surface area contributed by atoms with E-state index in [0.717, 1.165) is 0 Å². The molecule has 0 aliphatic rings.